The molecular formula is C24H15F3N2. The fraction of sp³-hybridized carbons (Fsp3) is 0.0417. The Morgan fingerprint density at radius 1 is 0.655 bits per heavy atom. The van der Waals surface area contributed by atoms with Crippen LogP contribution < -0.4 is 0 Å². The van der Waals surface area contributed by atoms with Gasteiger partial charge < -0.3 is 0 Å². The lowest BCUT2D eigenvalue weighted by molar-refractivity contribution is -0.141. The van der Waals surface area contributed by atoms with Crippen molar-refractivity contribution in [3.63, 3.8) is 0 Å². The Bertz CT molecular complexity index is 1340. The van der Waals surface area contributed by atoms with E-state index in [2.05, 4.69) is 5.10 Å². The lowest BCUT2D eigenvalue weighted by Crippen LogP contribution is -2.07. The Morgan fingerprint density at radius 3 is 2.07 bits per heavy atom. The van der Waals surface area contributed by atoms with Crippen molar-refractivity contribution in [2.75, 3.05) is 0 Å². The van der Waals surface area contributed by atoms with Crippen molar-refractivity contribution >= 4 is 21.5 Å². The first-order chi connectivity index (χ1) is 14.0. The molecule has 0 unspecified atom stereocenters. The summed E-state index contributed by atoms with van der Waals surface area (Å²) in [5, 5.41) is 8.05. The Balaban J connectivity index is 1.78. The van der Waals surface area contributed by atoms with E-state index in [1.165, 1.54) is 4.68 Å². The topological polar surface area (TPSA) is 17.8 Å². The molecule has 0 fully saturated rings. The normalized spacial score (nSPS) is 12.0. The molecule has 2 nitrogen and oxygen atoms in total. The average Bonchev–Trinajstić information content (AvgIpc) is 3.20. The van der Waals surface area contributed by atoms with Gasteiger partial charge in [0.2, 0.25) is 0 Å². The van der Waals surface area contributed by atoms with Crippen molar-refractivity contribution < 1.29 is 13.2 Å². The van der Waals surface area contributed by atoms with Crippen molar-refractivity contribution in [3.8, 4) is 16.9 Å². The Labute approximate surface area is 164 Å². The molecule has 0 bridgehead atoms. The number of rotatable bonds is 2. The summed E-state index contributed by atoms with van der Waals surface area (Å²) < 4.78 is 41.6. The highest BCUT2D eigenvalue weighted by molar-refractivity contribution is 6.08. The number of fused-ring (bicyclic) bond motifs is 3. The van der Waals surface area contributed by atoms with E-state index in [0.29, 0.717) is 16.9 Å². The largest absolute Gasteiger partial charge is 0.435 e. The van der Waals surface area contributed by atoms with E-state index in [9.17, 15) is 13.2 Å². The monoisotopic (exact) mass is 388 g/mol. The van der Waals surface area contributed by atoms with E-state index in [-0.39, 0.29) is 0 Å². The Kier molecular flexibility index (Phi) is 3.91. The van der Waals surface area contributed by atoms with Crippen LogP contribution in [0.15, 0.2) is 91.0 Å². The van der Waals surface area contributed by atoms with E-state index >= 15 is 0 Å². The SMILES string of the molecule is FC(F)(F)c1cc(-c2ccc3ccc4ccccc4c3c2)n(-c2ccccc2)n1. The second-order valence-corrected chi connectivity index (χ2v) is 6.88. The number of benzene rings is 4. The van der Waals surface area contributed by atoms with Gasteiger partial charge >= 0.3 is 6.18 Å². The molecule has 142 valence electrons. The molecule has 1 aromatic heterocycles. The standard InChI is InChI=1S/C24H15F3N2/c25-24(26,27)23-15-22(29(28-23)19-7-2-1-3-8-19)18-13-12-17-11-10-16-6-4-5-9-20(16)21(17)14-18/h1-15H. The molecule has 0 N–H and O–H groups in total. The fourth-order valence-corrected chi connectivity index (χ4v) is 3.65. The van der Waals surface area contributed by atoms with E-state index in [1.54, 1.807) is 24.3 Å². The van der Waals surface area contributed by atoms with Crippen LogP contribution in [0.4, 0.5) is 13.2 Å². The molecule has 0 aliphatic rings. The summed E-state index contributed by atoms with van der Waals surface area (Å²) in [6, 6.07) is 27.7. The van der Waals surface area contributed by atoms with Gasteiger partial charge in [-0.05, 0) is 45.8 Å². The number of hydrogen-bond acceptors (Lipinski definition) is 1. The Morgan fingerprint density at radius 2 is 1.31 bits per heavy atom. The number of hydrogen-bond donors (Lipinski definition) is 0. The van der Waals surface area contributed by atoms with Crippen LogP contribution in [0.1, 0.15) is 5.69 Å². The number of halogens is 3. The van der Waals surface area contributed by atoms with Crippen LogP contribution in [-0.4, -0.2) is 9.78 Å². The van der Waals surface area contributed by atoms with Crippen molar-refractivity contribution in [3.05, 3.63) is 96.7 Å². The van der Waals surface area contributed by atoms with Gasteiger partial charge in [0.05, 0.1) is 11.4 Å². The van der Waals surface area contributed by atoms with Crippen molar-refractivity contribution in [1.29, 1.82) is 0 Å². The van der Waals surface area contributed by atoms with Crippen molar-refractivity contribution in [2.45, 2.75) is 6.18 Å². The van der Waals surface area contributed by atoms with Gasteiger partial charge in [-0.25, -0.2) is 4.68 Å². The maximum absolute atomic E-state index is 13.4. The summed E-state index contributed by atoms with van der Waals surface area (Å²) in [4.78, 5) is 0. The molecule has 5 heteroatoms. The molecule has 0 spiro atoms. The summed E-state index contributed by atoms with van der Waals surface area (Å²) in [5.74, 6) is 0. The minimum Gasteiger partial charge on any atom is -0.233 e. The molecule has 0 saturated heterocycles. The van der Waals surface area contributed by atoms with Gasteiger partial charge in [-0.3, -0.25) is 0 Å². The number of aromatic nitrogens is 2. The highest BCUT2D eigenvalue weighted by Crippen LogP contribution is 2.35. The van der Waals surface area contributed by atoms with Gasteiger partial charge in [0.1, 0.15) is 0 Å². The van der Waals surface area contributed by atoms with Crippen LogP contribution in [0, 0.1) is 0 Å². The van der Waals surface area contributed by atoms with E-state index < -0.39 is 11.9 Å². The molecule has 4 aromatic carbocycles. The van der Waals surface area contributed by atoms with Crippen LogP contribution >= 0.6 is 0 Å². The fourth-order valence-electron chi connectivity index (χ4n) is 3.65. The third-order valence-corrected chi connectivity index (χ3v) is 5.04. The molecule has 5 aromatic rings. The smallest absolute Gasteiger partial charge is 0.233 e. The van der Waals surface area contributed by atoms with Gasteiger partial charge in [-0.15, -0.1) is 0 Å². The number of alkyl halides is 3. The van der Waals surface area contributed by atoms with E-state index in [4.69, 9.17) is 0 Å². The van der Waals surface area contributed by atoms with Gasteiger partial charge in [0.25, 0.3) is 0 Å². The summed E-state index contributed by atoms with van der Waals surface area (Å²) in [6.07, 6.45) is -4.52. The van der Waals surface area contributed by atoms with Gasteiger partial charge in [0.15, 0.2) is 5.69 Å². The average molecular weight is 388 g/mol. The second-order valence-electron chi connectivity index (χ2n) is 6.88. The van der Waals surface area contributed by atoms with Gasteiger partial charge in [-0.1, -0.05) is 66.7 Å². The van der Waals surface area contributed by atoms with E-state index in [1.807, 2.05) is 60.7 Å². The predicted octanol–water partition coefficient (Wildman–Crippen LogP) is 6.86. The third-order valence-electron chi connectivity index (χ3n) is 5.04. The molecule has 0 amide bonds. The molecule has 5 rings (SSSR count). The quantitative estimate of drug-likeness (QED) is 0.302. The number of para-hydroxylation sites is 1. The summed E-state index contributed by atoms with van der Waals surface area (Å²) >= 11 is 0. The molecule has 0 radical (unpaired) electrons. The zero-order valence-corrected chi connectivity index (χ0v) is 15.2. The number of nitrogens with zero attached hydrogens (tertiary/aromatic N) is 2. The highest BCUT2D eigenvalue weighted by atomic mass is 19.4. The Hall–Kier alpha value is -3.60. The van der Waals surface area contributed by atoms with Crippen molar-refractivity contribution in [1.82, 2.24) is 9.78 Å². The van der Waals surface area contributed by atoms with E-state index in [0.717, 1.165) is 27.6 Å². The second kappa shape index (κ2) is 6.48. The zero-order chi connectivity index (χ0) is 20.0. The summed E-state index contributed by atoms with van der Waals surface area (Å²) in [5.41, 5.74) is 0.754. The first kappa shape index (κ1) is 17.5. The minimum atomic E-state index is -4.52. The van der Waals surface area contributed by atoms with Crippen LogP contribution in [0.25, 0.3) is 38.5 Å². The maximum atomic E-state index is 13.4. The molecule has 0 saturated carbocycles. The van der Waals surface area contributed by atoms with Crippen LogP contribution in [0.3, 0.4) is 0 Å². The molecule has 1 heterocycles. The lowest BCUT2D eigenvalue weighted by Gasteiger charge is -2.10. The molecule has 29 heavy (non-hydrogen) atoms. The minimum absolute atomic E-state index is 0.401. The summed E-state index contributed by atoms with van der Waals surface area (Å²) in [6.45, 7) is 0. The summed E-state index contributed by atoms with van der Waals surface area (Å²) in [7, 11) is 0. The van der Waals surface area contributed by atoms with Crippen molar-refractivity contribution in [2.24, 2.45) is 0 Å². The third kappa shape index (κ3) is 3.05. The first-order valence-corrected chi connectivity index (χ1v) is 9.15. The molecular weight excluding hydrogens is 373 g/mol. The zero-order valence-electron chi connectivity index (χ0n) is 15.2. The van der Waals surface area contributed by atoms with Crippen LogP contribution in [0.2, 0.25) is 0 Å². The molecule has 0 atom stereocenters. The predicted molar refractivity (Wildman–Crippen MR) is 109 cm³/mol. The molecule has 0 aliphatic carbocycles. The lowest BCUT2D eigenvalue weighted by atomic mass is 9.99. The van der Waals surface area contributed by atoms with Crippen LogP contribution in [0.5, 0.6) is 0 Å². The van der Waals surface area contributed by atoms with Gasteiger partial charge in [-0.2, -0.15) is 18.3 Å². The van der Waals surface area contributed by atoms with Crippen LogP contribution in [-0.2, 0) is 6.18 Å². The highest BCUT2D eigenvalue weighted by Gasteiger charge is 2.35. The molecule has 0 aliphatic heterocycles. The first-order valence-electron chi connectivity index (χ1n) is 9.15. The maximum Gasteiger partial charge on any atom is 0.435 e. The van der Waals surface area contributed by atoms with Gasteiger partial charge in [0, 0.05) is 5.56 Å².